The maximum Gasteiger partial charge on any atom is 0.151 e. The van der Waals surface area contributed by atoms with E-state index in [1.165, 1.54) is 11.3 Å². The predicted octanol–water partition coefficient (Wildman–Crippen LogP) is 3.35. The first-order valence-corrected chi connectivity index (χ1v) is 6.52. The highest BCUT2D eigenvalue weighted by atomic mass is 15.2. The zero-order chi connectivity index (χ0) is 13.2. The number of fused-ring (bicyclic) bond motifs is 1. The molecule has 19 heavy (non-hydrogen) atoms. The first-order valence-electron chi connectivity index (χ1n) is 6.52. The van der Waals surface area contributed by atoms with Crippen LogP contribution in [0.25, 0.3) is 0 Å². The van der Waals surface area contributed by atoms with Crippen LogP contribution in [0.15, 0.2) is 36.5 Å². The molecule has 0 spiro atoms. The molecule has 3 heteroatoms. The third kappa shape index (κ3) is 1.96. The number of hydrogen-bond acceptors (Lipinski definition) is 3. The molecule has 0 saturated heterocycles. The summed E-state index contributed by atoms with van der Waals surface area (Å²) in [5, 5.41) is 9.36. The Morgan fingerprint density at radius 2 is 2.11 bits per heavy atom. The van der Waals surface area contributed by atoms with Crippen LogP contribution in [-0.2, 0) is 6.42 Å². The van der Waals surface area contributed by atoms with Crippen LogP contribution in [0.5, 0.6) is 0 Å². The maximum atomic E-state index is 9.36. The van der Waals surface area contributed by atoms with Gasteiger partial charge in [-0.25, -0.2) is 4.98 Å². The SMILES string of the molecule is Cc1ccnc(N2CCCc3ccccc32)c1C#N. The van der Waals surface area contributed by atoms with E-state index in [0.29, 0.717) is 5.56 Å². The highest BCUT2D eigenvalue weighted by Gasteiger charge is 2.21. The van der Waals surface area contributed by atoms with Gasteiger partial charge in [-0.05, 0) is 43.0 Å². The lowest BCUT2D eigenvalue weighted by molar-refractivity contribution is 0.758. The van der Waals surface area contributed by atoms with Crippen molar-refractivity contribution in [2.24, 2.45) is 0 Å². The van der Waals surface area contributed by atoms with Crippen molar-refractivity contribution >= 4 is 11.5 Å². The second-order valence-electron chi connectivity index (χ2n) is 4.82. The van der Waals surface area contributed by atoms with Gasteiger partial charge in [-0.15, -0.1) is 0 Å². The van der Waals surface area contributed by atoms with Gasteiger partial charge in [0, 0.05) is 18.4 Å². The summed E-state index contributed by atoms with van der Waals surface area (Å²) in [5.41, 5.74) is 4.18. The van der Waals surface area contributed by atoms with Crippen LogP contribution in [0.2, 0.25) is 0 Å². The Hall–Kier alpha value is -2.34. The summed E-state index contributed by atoms with van der Waals surface area (Å²) < 4.78 is 0. The van der Waals surface area contributed by atoms with Gasteiger partial charge < -0.3 is 4.90 Å². The summed E-state index contributed by atoms with van der Waals surface area (Å²) in [6.45, 7) is 2.88. The molecule has 0 fully saturated rings. The lowest BCUT2D eigenvalue weighted by Crippen LogP contribution is -2.26. The van der Waals surface area contributed by atoms with Crippen molar-refractivity contribution in [2.75, 3.05) is 11.4 Å². The number of aromatic nitrogens is 1. The summed E-state index contributed by atoms with van der Waals surface area (Å²) in [5.74, 6) is 0.787. The Morgan fingerprint density at radius 3 is 2.95 bits per heavy atom. The smallest absolute Gasteiger partial charge is 0.151 e. The lowest BCUT2D eigenvalue weighted by atomic mass is 10.0. The van der Waals surface area contributed by atoms with E-state index in [0.717, 1.165) is 30.8 Å². The monoisotopic (exact) mass is 249 g/mol. The molecule has 3 rings (SSSR count). The number of nitrogens with zero attached hydrogens (tertiary/aromatic N) is 3. The van der Waals surface area contributed by atoms with Crippen molar-refractivity contribution in [3.05, 3.63) is 53.2 Å². The van der Waals surface area contributed by atoms with Crippen molar-refractivity contribution in [1.29, 1.82) is 5.26 Å². The largest absolute Gasteiger partial charge is 0.325 e. The number of nitriles is 1. The van der Waals surface area contributed by atoms with Gasteiger partial charge in [0.15, 0.2) is 5.82 Å². The summed E-state index contributed by atoms with van der Waals surface area (Å²) in [6, 6.07) is 12.5. The number of para-hydroxylation sites is 1. The van der Waals surface area contributed by atoms with Gasteiger partial charge in [0.05, 0.1) is 5.56 Å². The van der Waals surface area contributed by atoms with Crippen LogP contribution in [0.4, 0.5) is 11.5 Å². The number of anilines is 2. The van der Waals surface area contributed by atoms with Gasteiger partial charge in [-0.1, -0.05) is 18.2 Å². The summed E-state index contributed by atoms with van der Waals surface area (Å²) in [4.78, 5) is 6.61. The van der Waals surface area contributed by atoms with E-state index in [4.69, 9.17) is 0 Å². The van der Waals surface area contributed by atoms with Crippen LogP contribution < -0.4 is 4.90 Å². The van der Waals surface area contributed by atoms with Gasteiger partial charge in [-0.2, -0.15) is 5.26 Å². The van der Waals surface area contributed by atoms with Crippen molar-refractivity contribution in [3.8, 4) is 6.07 Å². The van der Waals surface area contributed by atoms with E-state index in [1.807, 2.05) is 19.1 Å². The molecule has 0 N–H and O–H groups in total. The average Bonchev–Trinajstić information content (AvgIpc) is 2.46. The number of benzene rings is 1. The van der Waals surface area contributed by atoms with E-state index in [1.54, 1.807) is 6.20 Å². The predicted molar refractivity (Wildman–Crippen MR) is 75.5 cm³/mol. The van der Waals surface area contributed by atoms with Gasteiger partial charge in [0.2, 0.25) is 0 Å². The highest BCUT2D eigenvalue weighted by molar-refractivity contribution is 5.70. The molecule has 0 saturated carbocycles. The average molecular weight is 249 g/mol. The molecule has 1 aliphatic rings. The first kappa shape index (κ1) is 11.7. The van der Waals surface area contributed by atoms with E-state index < -0.39 is 0 Å². The Kier molecular flexibility index (Phi) is 2.92. The van der Waals surface area contributed by atoms with E-state index >= 15 is 0 Å². The van der Waals surface area contributed by atoms with Crippen molar-refractivity contribution in [1.82, 2.24) is 4.98 Å². The first-order chi connectivity index (χ1) is 9.31. The molecular weight excluding hydrogens is 234 g/mol. The van der Waals surface area contributed by atoms with Crippen LogP contribution in [0.3, 0.4) is 0 Å². The molecule has 0 atom stereocenters. The minimum absolute atomic E-state index is 0.680. The highest BCUT2D eigenvalue weighted by Crippen LogP contribution is 2.34. The van der Waals surface area contributed by atoms with Gasteiger partial charge in [0.1, 0.15) is 6.07 Å². The number of hydrogen-bond donors (Lipinski definition) is 0. The molecule has 0 unspecified atom stereocenters. The molecule has 0 bridgehead atoms. The molecule has 0 radical (unpaired) electrons. The molecule has 1 aromatic carbocycles. The normalized spacial score (nSPS) is 13.8. The fourth-order valence-corrected chi connectivity index (χ4v) is 2.64. The molecule has 1 aliphatic heterocycles. The van der Waals surface area contributed by atoms with Gasteiger partial charge in [0.25, 0.3) is 0 Å². The number of rotatable bonds is 1. The minimum atomic E-state index is 0.680. The Bertz CT molecular complexity index is 655. The topological polar surface area (TPSA) is 39.9 Å². The van der Waals surface area contributed by atoms with Crippen molar-refractivity contribution < 1.29 is 0 Å². The molecule has 94 valence electrons. The molecule has 0 amide bonds. The molecule has 2 heterocycles. The Morgan fingerprint density at radius 1 is 1.26 bits per heavy atom. The fourth-order valence-electron chi connectivity index (χ4n) is 2.64. The third-order valence-corrected chi connectivity index (χ3v) is 3.62. The number of pyridine rings is 1. The summed E-state index contributed by atoms with van der Waals surface area (Å²) in [6.07, 6.45) is 3.97. The Balaban J connectivity index is 2.15. The van der Waals surface area contributed by atoms with Crippen LogP contribution in [0, 0.1) is 18.3 Å². The summed E-state index contributed by atoms with van der Waals surface area (Å²) in [7, 11) is 0. The van der Waals surface area contributed by atoms with Crippen LogP contribution >= 0.6 is 0 Å². The quantitative estimate of drug-likeness (QED) is 0.778. The molecule has 2 aromatic rings. The lowest BCUT2D eigenvalue weighted by Gasteiger charge is -2.31. The second kappa shape index (κ2) is 4.74. The molecule has 1 aromatic heterocycles. The third-order valence-electron chi connectivity index (χ3n) is 3.62. The molecular formula is C16H15N3. The maximum absolute atomic E-state index is 9.36. The van der Waals surface area contributed by atoms with Crippen molar-refractivity contribution in [2.45, 2.75) is 19.8 Å². The van der Waals surface area contributed by atoms with E-state index in [2.05, 4.69) is 34.2 Å². The molecule has 3 nitrogen and oxygen atoms in total. The van der Waals surface area contributed by atoms with Gasteiger partial charge in [-0.3, -0.25) is 0 Å². The zero-order valence-electron chi connectivity index (χ0n) is 10.9. The van der Waals surface area contributed by atoms with E-state index in [-0.39, 0.29) is 0 Å². The number of aryl methyl sites for hydroxylation is 2. The zero-order valence-corrected chi connectivity index (χ0v) is 10.9. The standard InChI is InChI=1S/C16H15N3/c1-12-8-9-18-16(14(12)11-17)19-10-4-6-13-5-2-3-7-15(13)19/h2-3,5,7-9H,4,6,10H2,1H3. The fraction of sp³-hybridized carbons (Fsp3) is 0.250. The van der Waals surface area contributed by atoms with Gasteiger partial charge >= 0.3 is 0 Å². The van der Waals surface area contributed by atoms with E-state index in [9.17, 15) is 5.26 Å². The van der Waals surface area contributed by atoms with Crippen LogP contribution in [-0.4, -0.2) is 11.5 Å². The molecule has 0 aliphatic carbocycles. The summed E-state index contributed by atoms with van der Waals surface area (Å²) >= 11 is 0. The second-order valence-corrected chi connectivity index (χ2v) is 4.82. The Labute approximate surface area is 113 Å². The van der Waals surface area contributed by atoms with Crippen molar-refractivity contribution in [3.63, 3.8) is 0 Å². The minimum Gasteiger partial charge on any atom is -0.325 e. The van der Waals surface area contributed by atoms with Crippen LogP contribution in [0.1, 0.15) is 23.1 Å².